The largest absolute Gasteiger partial charge is 0.351 e. The molecule has 0 spiro atoms. The first kappa shape index (κ1) is 23.9. The van der Waals surface area contributed by atoms with Gasteiger partial charge in [0.1, 0.15) is 11.7 Å². The molecule has 182 valence electrons. The highest BCUT2D eigenvalue weighted by molar-refractivity contribution is 5.91. The Morgan fingerprint density at radius 3 is 2.28 bits per heavy atom. The van der Waals surface area contributed by atoms with Crippen LogP contribution < -0.4 is 10.9 Å². The van der Waals surface area contributed by atoms with E-state index in [1.54, 1.807) is 12.1 Å². The van der Waals surface area contributed by atoms with E-state index in [4.69, 9.17) is 0 Å². The fraction of sp³-hybridized carbons (Fsp3) is 0.130. The van der Waals surface area contributed by atoms with Gasteiger partial charge in [-0.25, -0.2) is 9.67 Å². The summed E-state index contributed by atoms with van der Waals surface area (Å²) in [6, 6.07) is 11.7. The Kier molecular flexibility index (Phi) is 6.90. The van der Waals surface area contributed by atoms with Gasteiger partial charge in [0, 0.05) is 36.9 Å². The van der Waals surface area contributed by atoms with Gasteiger partial charge >= 0.3 is 0 Å². The minimum Gasteiger partial charge on any atom is -0.351 e. The molecule has 0 saturated heterocycles. The number of rotatable bonds is 9. The second kappa shape index (κ2) is 10.4. The summed E-state index contributed by atoms with van der Waals surface area (Å²) < 4.78 is 2.90. The molecule has 13 heteroatoms. The third-order valence-corrected chi connectivity index (χ3v) is 5.28. The maximum atomic E-state index is 12.8. The third kappa shape index (κ3) is 5.47. The van der Waals surface area contributed by atoms with Gasteiger partial charge < -0.3 is 5.32 Å². The van der Waals surface area contributed by atoms with E-state index in [9.17, 15) is 29.8 Å². The Hall–Kier alpha value is -5.20. The number of hydrogen-bond donors (Lipinski definition) is 1. The number of non-ortho nitro benzene ring substituents is 2. The molecule has 0 aliphatic carbocycles. The zero-order valence-corrected chi connectivity index (χ0v) is 18.7. The van der Waals surface area contributed by atoms with E-state index >= 15 is 0 Å². The molecular weight excluding hydrogens is 470 g/mol. The molecule has 13 nitrogen and oxygen atoms in total. The average Bonchev–Trinajstić information content (AvgIpc) is 3.28. The van der Waals surface area contributed by atoms with E-state index in [-0.39, 0.29) is 42.5 Å². The fourth-order valence-electron chi connectivity index (χ4n) is 3.42. The zero-order chi connectivity index (χ0) is 25.7. The molecule has 2 aromatic carbocycles. The van der Waals surface area contributed by atoms with Crippen LogP contribution in [0.2, 0.25) is 0 Å². The standard InChI is InChI=1S/C23H19N7O6/c31-21(10-5-16-1-6-18(7-2-16)29(33)34)24-11-12-28-22-20(13-26-28)23(32)27(15-25-22)14-17-3-8-19(9-4-17)30(35)36/h1-10,13,15H,11-12,14H2,(H,24,31)/b10-5-. The predicted octanol–water partition coefficient (Wildman–Crippen LogP) is 2.29. The second-order valence-corrected chi connectivity index (χ2v) is 7.68. The quantitative estimate of drug-likeness (QED) is 0.212. The number of aromatic nitrogens is 4. The molecule has 1 amide bonds. The number of carbonyl (C=O) groups excluding carboxylic acids is 1. The Labute approximate surface area is 202 Å². The summed E-state index contributed by atoms with van der Waals surface area (Å²) in [4.78, 5) is 49.7. The van der Waals surface area contributed by atoms with E-state index < -0.39 is 9.85 Å². The molecule has 4 rings (SSSR count). The lowest BCUT2D eigenvalue weighted by Gasteiger charge is -2.07. The topological polar surface area (TPSA) is 168 Å². The van der Waals surface area contributed by atoms with Crippen LogP contribution in [0, 0.1) is 20.2 Å². The summed E-state index contributed by atoms with van der Waals surface area (Å²) in [6.07, 6.45) is 5.65. The Morgan fingerprint density at radius 1 is 1.00 bits per heavy atom. The molecule has 0 fully saturated rings. The van der Waals surface area contributed by atoms with Crippen LogP contribution in [0.15, 0.2) is 71.9 Å². The smallest absolute Gasteiger partial charge is 0.269 e. The highest BCUT2D eigenvalue weighted by Gasteiger charge is 2.11. The Morgan fingerprint density at radius 2 is 1.64 bits per heavy atom. The van der Waals surface area contributed by atoms with Crippen LogP contribution >= 0.6 is 0 Å². The summed E-state index contributed by atoms with van der Waals surface area (Å²) >= 11 is 0. The molecule has 0 saturated carbocycles. The van der Waals surface area contributed by atoms with Crippen molar-refractivity contribution in [2.24, 2.45) is 0 Å². The van der Waals surface area contributed by atoms with Crippen LogP contribution in [0.25, 0.3) is 17.1 Å². The van der Waals surface area contributed by atoms with Gasteiger partial charge in [-0.15, -0.1) is 0 Å². The van der Waals surface area contributed by atoms with Crippen LogP contribution in [-0.4, -0.2) is 41.6 Å². The second-order valence-electron chi connectivity index (χ2n) is 7.68. The molecule has 2 heterocycles. The SMILES string of the molecule is O=C(/C=C\c1ccc([N+](=O)[O-])cc1)NCCn1ncc2c(=O)n(Cc3ccc([N+](=O)[O-])cc3)cnc21. The van der Waals surface area contributed by atoms with Gasteiger partial charge in [-0.2, -0.15) is 5.10 Å². The number of benzene rings is 2. The van der Waals surface area contributed by atoms with Crippen molar-refractivity contribution in [2.45, 2.75) is 13.1 Å². The average molecular weight is 489 g/mol. The van der Waals surface area contributed by atoms with Crippen molar-refractivity contribution >= 4 is 34.4 Å². The molecule has 2 aromatic heterocycles. The molecule has 36 heavy (non-hydrogen) atoms. The zero-order valence-electron chi connectivity index (χ0n) is 18.7. The number of carbonyl (C=O) groups is 1. The van der Waals surface area contributed by atoms with Crippen LogP contribution in [0.4, 0.5) is 11.4 Å². The summed E-state index contributed by atoms with van der Waals surface area (Å²) in [6.45, 7) is 0.704. The van der Waals surface area contributed by atoms with Crippen molar-refractivity contribution in [3.63, 3.8) is 0 Å². The normalized spacial score (nSPS) is 11.1. The van der Waals surface area contributed by atoms with E-state index in [1.165, 1.54) is 70.3 Å². The number of amides is 1. The summed E-state index contributed by atoms with van der Waals surface area (Å²) in [5, 5.41) is 28.7. The van der Waals surface area contributed by atoms with E-state index in [2.05, 4.69) is 15.4 Å². The number of nitro groups is 2. The molecule has 0 atom stereocenters. The minimum atomic E-state index is -0.498. The summed E-state index contributed by atoms with van der Waals surface area (Å²) in [7, 11) is 0. The molecule has 0 unspecified atom stereocenters. The molecule has 0 aliphatic rings. The van der Waals surface area contributed by atoms with Crippen LogP contribution in [0.3, 0.4) is 0 Å². The number of nitrogens with zero attached hydrogens (tertiary/aromatic N) is 6. The van der Waals surface area contributed by atoms with Crippen LogP contribution in [0.5, 0.6) is 0 Å². The van der Waals surface area contributed by atoms with Gasteiger partial charge in [0.05, 0.1) is 29.1 Å². The van der Waals surface area contributed by atoms with Crippen molar-refractivity contribution < 1.29 is 14.6 Å². The Balaban J connectivity index is 1.36. The fourth-order valence-corrected chi connectivity index (χ4v) is 3.42. The van der Waals surface area contributed by atoms with Gasteiger partial charge in [-0.3, -0.25) is 34.4 Å². The first-order valence-corrected chi connectivity index (χ1v) is 10.7. The minimum absolute atomic E-state index is 0.0325. The third-order valence-electron chi connectivity index (χ3n) is 5.28. The molecule has 4 aromatic rings. The predicted molar refractivity (Wildman–Crippen MR) is 129 cm³/mol. The van der Waals surface area contributed by atoms with E-state index in [0.29, 0.717) is 22.2 Å². The first-order chi connectivity index (χ1) is 17.3. The highest BCUT2D eigenvalue weighted by atomic mass is 16.6. The molecular formula is C23H19N7O6. The maximum absolute atomic E-state index is 12.8. The van der Waals surface area contributed by atoms with Crippen molar-refractivity contribution in [2.75, 3.05) is 6.54 Å². The van der Waals surface area contributed by atoms with Gasteiger partial charge in [0.2, 0.25) is 5.91 Å². The van der Waals surface area contributed by atoms with Crippen molar-refractivity contribution in [1.82, 2.24) is 24.6 Å². The monoisotopic (exact) mass is 489 g/mol. The van der Waals surface area contributed by atoms with Crippen LogP contribution in [0.1, 0.15) is 11.1 Å². The van der Waals surface area contributed by atoms with E-state index in [1.807, 2.05) is 0 Å². The maximum Gasteiger partial charge on any atom is 0.269 e. The van der Waals surface area contributed by atoms with Crippen molar-refractivity contribution in [3.8, 4) is 0 Å². The van der Waals surface area contributed by atoms with Gasteiger partial charge in [0.15, 0.2) is 5.65 Å². The van der Waals surface area contributed by atoms with Gasteiger partial charge in [-0.1, -0.05) is 12.1 Å². The number of nitrogens with one attached hydrogen (secondary N) is 1. The lowest BCUT2D eigenvalue weighted by Crippen LogP contribution is -2.26. The summed E-state index contributed by atoms with van der Waals surface area (Å²) in [5.41, 5.74) is 1.35. The Bertz CT molecular complexity index is 1520. The first-order valence-electron chi connectivity index (χ1n) is 10.7. The molecule has 0 aliphatic heterocycles. The molecule has 0 radical (unpaired) electrons. The number of fused-ring (bicyclic) bond motifs is 1. The summed E-state index contributed by atoms with van der Waals surface area (Å²) in [5.74, 6) is -0.358. The number of hydrogen-bond acceptors (Lipinski definition) is 8. The van der Waals surface area contributed by atoms with E-state index in [0.717, 1.165) is 0 Å². The molecule has 0 bridgehead atoms. The highest BCUT2D eigenvalue weighted by Crippen LogP contribution is 2.14. The van der Waals surface area contributed by atoms with Gasteiger partial charge in [-0.05, 0) is 29.3 Å². The lowest BCUT2D eigenvalue weighted by atomic mass is 10.2. The van der Waals surface area contributed by atoms with Crippen molar-refractivity contribution in [1.29, 1.82) is 0 Å². The van der Waals surface area contributed by atoms with Crippen LogP contribution in [-0.2, 0) is 17.9 Å². The number of nitro benzene ring substituents is 2. The van der Waals surface area contributed by atoms with Crippen molar-refractivity contribution in [3.05, 3.63) is 109 Å². The van der Waals surface area contributed by atoms with Gasteiger partial charge in [0.25, 0.3) is 16.9 Å². The molecule has 1 N–H and O–H groups in total. The lowest BCUT2D eigenvalue weighted by molar-refractivity contribution is -0.385.